The van der Waals surface area contributed by atoms with Crippen LogP contribution in [0.1, 0.15) is 44.6 Å². The zero-order chi connectivity index (χ0) is 14.9. The van der Waals surface area contributed by atoms with E-state index >= 15 is 0 Å². The highest BCUT2D eigenvalue weighted by atomic mass is 19.4. The minimum absolute atomic E-state index is 0.259. The first-order valence-electron chi connectivity index (χ1n) is 5.85. The summed E-state index contributed by atoms with van der Waals surface area (Å²) in [4.78, 5) is 0. The molecule has 0 unspecified atom stereocenters. The first kappa shape index (κ1) is 18.9. The van der Waals surface area contributed by atoms with Gasteiger partial charge in [-0.15, -0.1) is 0 Å². The van der Waals surface area contributed by atoms with Crippen molar-refractivity contribution in [3.8, 4) is 0 Å². The van der Waals surface area contributed by atoms with Gasteiger partial charge in [0, 0.05) is 5.56 Å². The quantitative estimate of drug-likeness (QED) is 0.650. The molecule has 0 N–H and O–H groups in total. The van der Waals surface area contributed by atoms with E-state index in [-0.39, 0.29) is 5.76 Å². The Bertz CT molecular complexity index is 373. The van der Waals surface area contributed by atoms with Gasteiger partial charge in [-0.05, 0) is 12.5 Å². The van der Waals surface area contributed by atoms with Gasteiger partial charge in [-0.1, -0.05) is 46.9 Å². The second kappa shape index (κ2) is 8.61. The van der Waals surface area contributed by atoms with Crippen LogP contribution in [0.15, 0.2) is 23.8 Å². The van der Waals surface area contributed by atoms with Crippen molar-refractivity contribution in [3.05, 3.63) is 36.3 Å². The number of allylic oxidation sites excluding steroid dienone is 1. The molecule has 1 aromatic rings. The van der Waals surface area contributed by atoms with Gasteiger partial charge in [-0.2, -0.15) is 13.2 Å². The molecule has 0 amide bonds. The number of halogens is 3. The Morgan fingerprint density at radius 3 is 2.00 bits per heavy atom. The molecule has 0 aliphatic rings. The van der Waals surface area contributed by atoms with Gasteiger partial charge in [0.15, 0.2) is 0 Å². The second-order valence-corrected chi connectivity index (χ2v) is 2.84. The summed E-state index contributed by atoms with van der Waals surface area (Å²) >= 11 is 0. The predicted molar refractivity (Wildman–Crippen MR) is 71.3 cm³/mol. The molecular formula is C14H21F3O. The fourth-order valence-corrected chi connectivity index (χ4v) is 1.07. The summed E-state index contributed by atoms with van der Waals surface area (Å²) in [7, 11) is 0. The van der Waals surface area contributed by atoms with E-state index in [4.69, 9.17) is 4.42 Å². The molecule has 0 aliphatic heterocycles. The van der Waals surface area contributed by atoms with Crippen molar-refractivity contribution in [2.24, 2.45) is 0 Å². The van der Waals surface area contributed by atoms with Crippen LogP contribution in [0.25, 0.3) is 11.6 Å². The minimum Gasteiger partial charge on any atom is -0.463 e. The molecule has 104 valence electrons. The van der Waals surface area contributed by atoms with E-state index in [9.17, 15) is 13.2 Å². The third-order valence-corrected chi connectivity index (χ3v) is 1.84. The first-order valence-corrected chi connectivity index (χ1v) is 5.85. The van der Waals surface area contributed by atoms with E-state index in [0.29, 0.717) is 11.1 Å². The van der Waals surface area contributed by atoms with Crippen LogP contribution in [0.4, 0.5) is 13.2 Å². The van der Waals surface area contributed by atoms with Crippen LogP contribution in [-0.4, -0.2) is 6.18 Å². The normalized spacial score (nSPS) is 9.56. The number of furan rings is 1. The average Bonchev–Trinajstić information content (AvgIpc) is 2.73. The molecule has 4 heteroatoms. The lowest BCUT2D eigenvalue weighted by atomic mass is 10.1. The Hall–Kier alpha value is -1.45. The Labute approximate surface area is 107 Å². The van der Waals surface area contributed by atoms with Gasteiger partial charge in [-0.3, -0.25) is 0 Å². The summed E-state index contributed by atoms with van der Waals surface area (Å²) in [6, 6.07) is 0. The average molecular weight is 262 g/mol. The molecule has 0 fully saturated rings. The summed E-state index contributed by atoms with van der Waals surface area (Å²) in [5, 5.41) is 0. The van der Waals surface area contributed by atoms with Crippen molar-refractivity contribution in [3.63, 3.8) is 0 Å². The Kier molecular flexibility index (Phi) is 9.05. The Balaban J connectivity index is 0. The van der Waals surface area contributed by atoms with Crippen molar-refractivity contribution in [1.82, 2.24) is 0 Å². The fraction of sp³-hybridized carbons (Fsp3) is 0.429. The standard InChI is InChI=1S/C10H9F3O.2C2H6/c1-4-8-6(2)5-14-9(8)7(3)10(11,12)13;2*1-2/h4-5H,1,3H2,2H3;2*1-2H3. The summed E-state index contributed by atoms with van der Waals surface area (Å²) in [5.74, 6) is -0.259. The van der Waals surface area contributed by atoms with Gasteiger partial charge in [0.25, 0.3) is 0 Å². The molecule has 1 heterocycles. The lowest BCUT2D eigenvalue weighted by Crippen LogP contribution is -2.09. The number of hydrogen-bond acceptors (Lipinski definition) is 1. The summed E-state index contributed by atoms with van der Waals surface area (Å²) in [6.45, 7) is 16.0. The molecule has 0 bridgehead atoms. The summed E-state index contributed by atoms with van der Waals surface area (Å²) in [5.41, 5.74) is -0.0341. The molecule has 0 aromatic carbocycles. The van der Waals surface area contributed by atoms with Crippen molar-refractivity contribution in [2.75, 3.05) is 0 Å². The highest BCUT2D eigenvalue weighted by Crippen LogP contribution is 2.35. The molecule has 0 aliphatic carbocycles. The molecule has 1 rings (SSSR count). The van der Waals surface area contributed by atoms with Crippen LogP contribution >= 0.6 is 0 Å². The van der Waals surface area contributed by atoms with E-state index in [1.54, 1.807) is 6.92 Å². The third kappa shape index (κ3) is 4.82. The molecule has 0 radical (unpaired) electrons. The lowest BCUT2D eigenvalue weighted by molar-refractivity contribution is -0.0697. The molecular weight excluding hydrogens is 241 g/mol. The Morgan fingerprint density at radius 1 is 1.22 bits per heavy atom. The van der Waals surface area contributed by atoms with E-state index in [0.717, 1.165) is 0 Å². The van der Waals surface area contributed by atoms with Gasteiger partial charge in [0.1, 0.15) is 5.76 Å². The van der Waals surface area contributed by atoms with Crippen LogP contribution in [0.3, 0.4) is 0 Å². The maximum Gasteiger partial charge on any atom is 0.419 e. The van der Waals surface area contributed by atoms with Gasteiger partial charge in [0.2, 0.25) is 0 Å². The van der Waals surface area contributed by atoms with Crippen molar-refractivity contribution in [2.45, 2.75) is 40.8 Å². The Morgan fingerprint density at radius 2 is 1.67 bits per heavy atom. The van der Waals surface area contributed by atoms with E-state index in [1.165, 1.54) is 12.3 Å². The molecule has 0 saturated heterocycles. The van der Waals surface area contributed by atoms with Gasteiger partial charge in [0.05, 0.1) is 11.8 Å². The lowest BCUT2D eigenvalue weighted by Gasteiger charge is -2.07. The minimum atomic E-state index is -4.47. The van der Waals surface area contributed by atoms with Crippen molar-refractivity contribution >= 4 is 11.6 Å². The topological polar surface area (TPSA) is 13.1 Å². The van der Waals surface area contributed by atoms with Crippen molar-refractivity contribution in [1.29, 1.82) is 0 Å². The largest absolute Gasteiger partial charge is 0.463 e. The fourth-order valence-electron chi connectivity index (χ4n) is 1.07. The molecule has 18 heavy (non-hydrogen) atoms. The molecule has 0 saturated carbocycles. The highest BCUT2D eigenvalue weighted by molar-refractivity contribution is 5.73. The third-order valence-electron chi connectivity index (χ3n) is 1.84. The highest BCUT2D eigenvalue weighted by Gasteiger charge is 2.36. The molecule has 1 nitrogen and oxygen atoms in total. The summed E-state index contributed by atoms with van der Waals surface area (Å²) in [6.07, 6.45) is -1.89. The van der Waals surface area contributed by atoms with Crippen molar-refractivity contribution < 1.29 is 17.6 Å². The van der Waals surface area contributed by atoms with Gasteiger partial charge < -0.3 is 4.42 Å². The second-order valence-electron chi connectivity index (χ2n) is 2.84. The van der Waals surface area contributed by atoms with E-state index < -0.39 is 11.7 Å². The molecule has 1 aromatic heterocycles. The van der Waals surface area contributed by atoms with Crippen LogP contribution in [-0.2, 0) is 0 Å². The smallest absolute Gasteiger partial charge is 0.419 e. The summed E-state index contributed by atoms with van der Waals surface area (Å²) < 4.78 is 41.6. The number of hydrogen-bond donors (Lipinski definition) is 0. The zero-order valence-corrected chi connectivity index (χ0v) is 11.6. The first-order chi connectivity index (χ1) is 8.38. The van der Waals surface area contributed by atoms with Crippen LogP contribution < -0.4 is 0 Å². The van der Waals surface area contributed by atoms with Crippen LogP contribution in [0.2, 0.25) is 0 Å². The van der Waals surface area contributed by atoms with Gasteiger partial charge >= 0.3 is 6.18 Å². The monoisotopic (exact) mass is 262 g/mol. The number of aryl methyl sites for hydroxylation is 1. The number of rotatable bonds is 2. The SMILES string of the molecule is C=Cc1c(C)coc1C(=C)C(F)(F)F.CC.CC. The maximum atomic E-state index is 12.3. The maximum absolute atomic E-state index is 12.3. The van der Waals surface area contributed by atoms with Crippen LogP contribution in [0, 0.1) is 6.92 Å². The number of alkyl halides is 3. The van der Waals surface area contributed by atoms with Crippen LogP contribution in [0.5, 0.6) is 0 Å². The molecule has 0 atom stereocenters. The molecule has 0 spiro atoms. The predicted octanol–water partition coefficient (Wildman–Crippen LogP) is 5.86. The zero-order valence-electron chi connectivity index (χ0n) is 11.6. The van der Waals surface area contributed by atoms with Gasteiger partial charge in [-0.25, -0.2) is 0 Å². The van der Waals surface area contributed by atoms with E-state index in [1.807, 2.05) is 27.7 Å². The van der Waals surface area contributed by atoms with E-state index in [2.05, 4.69) is 13.2 Å².